The van der Waals surface area contributed by atoms with Crippen LogP contribution in [-0.4, -0.2) is 27.5 Å². The summed E-state index contributed by atoms with van der Waals surface area (Å²) in [5, 5.41) is 2.43. The van der Waals surface area contributed by atoms with Crippen LogP contribution in [-0.2, 0) is 14.8 Å². The Morgan fingerprint density at radius 2 is 1.76 bits per heavy atom. The van der Waals surface area contributed by atoms with Gasteiger partial charge in [-0.2, -0.15) is 0 Å². The summed E-state index contributed by atoms with van der Waals surface area (Å²) in [5.74, 6) is -0.154. The molecule has 3 aromatic rings. The number of hydrogen-bond donors (Lipinski definition) is 2. The number of sulfonamides is 1. The molecule has 0 unspecified atom stereocenters. The van der Waals surface area contributed by atoms with E-state index in [2.05, 4.69) is 26.0 Å². The number of halogens is 2. The monoisotopic (exact) mass is 536 g/mol. The van der Waals surface area contributed by atoms with Crippen LogP contribution in [0.25, 0.3) is 0 Å². The van der Waals surface area contributed by atoms with E-state index in [4.69, 9.17) is 9.47 Å². The minimum Gasteiger partial charge on any atom is -0.494 e. The van der Waals surface area contributed by atoms with Gasteiger partial charge in [0.2, 0.25) is 0 Å². The molecule has 0 aromatic heterocycles. The molecule has 0 saturated carbocycles. The van der Waals surface area contributed by atoms with E-state index >= 15 is 0 Å². The number of rotatable bonds is 9. The Hall–Kier alpha value is -3.11. The van der Waals surface area contributed by atoms with E-state index in [9.17, 15) is 17.6 Å². The van der Waals surface area contributed by atoms with Crippen molar-refractivity contribution >= 4 is 43.2 Å². The Kier molecular flexibility index (Phi) is 7.93. The molecule has 0 radical (unpaired) electrons. The summed E-state index contributed by atoms with van der Waals surface area (Å²) in [7, 11) is -3.83. The van der Waals surface area contributed by atoms with E-state index in [1.54, 1.807) is 37.3 Å². The second-order valence-electron chi connectivity index (χ2n) is 6.95. The average molecular weight is 537 g/mol. The summed E-state index contributed by atoms with van der Waals surface area (Å²) in [6.45, 7) is 3.67. The van der Waals surface area contributed by atoms with Crippen LogP contribution in [0.3, 0.4) is 0 Å². The van der Waals surface area contributed by atoms with E-state index in [1.165, 1.54) is 30.3 Å². The van der Waals surface area contributed by atoms with Crippen molar-refractivity contribution in [1.82, 2.24) is 0 Å². The van der Waals surface area contributed by atoms with Crippen LogP contribution in [0.4, 0.5) is 15.8 Å². The van der Waals surface area contributed by atoms with Crippen LogP contribution >= 0.6 is 15.9 Å². The predicted octanol–water partition coefficient (Wildman–Crippen LogP) is 5.11. The number of aryl methyl sites for hydroxylation is 1. The Bertz CT molecular complexity index is 1250. The zero-order chi connectivity index (χ0) is 24.0. The van der Waals surface area contributed by atoms with Crippen LogP contribution in [0.1, 0.15) is 12.5 Å². The van der Waals surface area contributed by atoms with Gasteiger partial charge in [0.25, 0.3) is 15.9 Å². The lowest BCUT2D eigenvalue weighted by Gasteiger charge is -2.13. The normalized spacial score (nSPS) is 11.0. The van der Waals surface area contributed by atoms with E-state index < -0.39 is 21.7 Å². The summed E-state index contributed by atoms with van der Waals surface area (Å²) in [6, 6.07) is 15.1. The molecule has 1 amide bonds. The first-order valence-electron chi connectivity index (χ1n) is 9.92. The molecule has 10 heteroatoms. The molecule has 0 atom stereocenters. The average Bonchev–Trinajstić information content (AvgIpc) is 2.76. The highest BCUT2D eigenvalue weighted by Crippen LogP contribution is 2.25. The highest BCUT2D eigenvalue weighted by Gasteiger charge is 2.16. The van der Waals surface area contributed by atoms with Gasteiger partial charge in [0.1, 0.15) is 17.3 Å². The van der Waals surface area contributed by atoms with Gasteiger partial charge in [0.15, 0.2) is 6.61 Å². The lowest BCUT2D eigenvalue weighted by Crippen LogP contribution is -2.21. The standard InChI is InChI=1S/C23H22BrFN2O5S/c1-3-31-18-7-5-17(6-8-18)27-33(29,30)19-9-11-22(15(2)12-19)32-14-23(28)26-21-10-4-16(24)13-20(21)25/h4-13,27H,3,14H2,1-2H3,(H,26,28). The molecule has 2 N–H and O–H groups in total. The van der Waals surface area contributed by atoms with Crippen molar-refractivity contribution in [2.75, 3.05) is 23.3 Å². The van der Waals surface area contributed by atoms with Gasteiger partial charge in [-0.15, -0.1) is 0 Å². The Labute approximate surface area is 200 Å². The van der Waals surface area contributed by atoms with Crippen LogP contribution in [0.2, 0.25) is 0 Å². The molecular formula is C23H22BrFN2O5S. The molecule has 33 heavy (non-hydrogen) atoms. The topological polar surface area (TPSA) is 93.7 Å². The number of carbonyl (C=O) groups excluding carboxylic acids is 1. The number of amides is 1. The number of benzene rings is 3. The van der Waals surface area contributed by atoms with Gasteiger partial charge in [-0.05, 0) is 80.1 Å². The molecule has 0 aliphatic rings. The first-order valence-corrected chi connectivity index (χ1v) is 12.2. The third-order valence-corrected chi connectivity index (χ3v) is 6.31. The van der Waals surface area contributed by atoms with Crippen LogP contribution in [0, 0.1) is 12.7 Å². The van der Waals surface area contributed by atoms with Crippen molar-refractivity contribution < 1.29 is 27.1 Å². The van der Waals surface area contributed by atoms with Gasteiger partial charge in [-0.25, -0.2) is 12.8 Å². The van der Waals surface area contributed by atoms with E-state index in [-0.39, 0.29) is 17.2 Å². The Balaban J connectivity index is 1.63. The maximum Gasteiger partial charge on any atom is 0.262 e. The zero-order valence-electron chi connectivity index (χ0n) is 17.9. The molecule has 3 rings (SSSR count). The van der Waals surface area contributed by atoms with E-state index in [1.807, 2.05) is 6.92 Å². The maximum atomic E-state index is 13.9. The van der Waals surface area contributed by atoms with Crippen molar-refractivity contribution in [2.45, 2.75) is 18.7 Å². The predicted molar refractivity (Wildman–Crippen MR) is 128 cm³/mol. The lowest BCUT2D eigenvalue weighted by atomic mass is 10.2. The second kappa shape index (κ2) is 10.7. The summed E-state index contributed by atoms with van der Waals surface area (Å²) < 4.78 is 53.2. The highest BCUT2D eigenvalue weighted by molar-refractivity contribution is 9.10. The van der Waals surface area contributed by atoms with Crippen molar-refractivity contribution in [3.63, 3.8) is 0 Å². The Morgan fingerprint density at radius 1 is 1.03 bits per heavy atom. The van der Waals surface area contributed by atoms with Crippen molar-refractivity contribution in [2.24, 2.45) is 0 Å². The second-order valence-corrected chi connectivity index (χ2v) is 9.55. The number of nitrogens with one attached hydrogen (secondary N) is 2. The molecule has 0 heterocycles. The van der Waals surface area contributed by atoms with Gasteiger partial charge in [-0.3, -0.25) is 9.52 Å². The third kappa shape index (κ3) is 6.69. The molecule has 0 fully saturated rings. The zero-order valence-corrected chi connectivity index (χ0v) is 20.3. The first kappa shape index (κ1) is 24.5. The van der Waals surface area contributed by atoms with Gasteiger partial charge in [0, 0.05) is 10.2 Å². The molecule has 0 spiro atoms. The van der Waals surface area contributed by atoms with Crippen molar-refractivity contribution in [1.29, 1.82) is 0 Å². The van der Waals surface area contributed by atoms with Crippen LogP contribution in [0.5, 0.6) is 11.5 Å². The molecule has 0 aliphatic heterocycles. The minimum absolute atomic E-state index is 0.0327. The largest absolute Gasteiger partial charge is 0.494 e. The van der Waals surface area contributed by atoms with E-state index in [0.29, 0.717) is 33.8 Å². The molecule has 0 aliphatic carbocycles. The summed E-state index contributed by atoms with van der Waals surface area (Å²) in [5.41, 5.74) is 0.950. The number of hydrogen-bond acceptors (Lipinski definition) is 5. The minimum atomic E-state index is -3.83. The first-order chi connectivity index (χ1) is 15.7. The smallest absolute Gasteiger partial charge is 0.262 e. The van der Waals surface area contributed by atoms with Gasteiger partial charge < -0.3 is 14.8 Å². The number of anilines is 2. The fourth-order valence-electron chi connectivity index (χ4n) is 2.87. The van der Waals surface area contributed by atoms with Crippen molar-refractivity contribution in [3.8, 4) is 11.5 Å². The Morgan fingerprint density at radius 3 is 2.39 bits per heavy atom. The van der Waals surface area contributed by atoms with Crippen LogP contribution in [0.15, 0.2) is 70.0 Å². The van der Waals surface area contributed by atoms with Crippen LogP contribution < -0.4 is 19.5 Å². The molecule has 7 nitrogen and oxygen atoms in total. The quantitative estimate of drug-likeness (QED) is 0.396. The summed E-state index contributed by atoms with van der Waals surface area (Å²) in [6.07, 6.45) is 0. The molecule has 3 aromatic carbocycles. The van der Waals surface area contributed by atoms with Crippen molar-refractivity contribution in [3.05, 3.63) is 76.5 Å². The molecule has 174 valence electrons. The van der Waals surface area contributed by atoms with E-state index in [0.717, 1.165) is 0 Å². The van der Waals surface area contributed by atoms with Gasteiger partial charge in [0.05, 0.1) is 17.2 Å². The molecular weight excluding hydrogens is 515 g/mol. The summed E-state index contributed by atoms with van der Waals surface area (Å²) in [4.78, 5) is 12.1. The third-order valence-electron chi connectivity index (χ3n) is 4.44. The highest BCUT2D eigenvalue weighted by atomic mass is 79.9. The lowest BCUT2D eigenvalue weighted by molar-refractivity contribution is -0.118. The fraction of sp³-hybridized carbons (Fsp3) is 0.174. The van der Waals surface area contributed by atoms with Gasteiger partial charge >= 0.3 is 0 Å². The number of ether oxygens (including phenoxy) is 2. The fourth-order valence-corrected chi connectivity index (χ4v) is 4.35. The summed E-state index contributed by atoms with van der Waals surface area (Å²) >= 11 is 3.15. The van der Waals surface area contributed by atoms with Gasteiger partial charge in [-0.1, -0.05) is 15.9 Å². The molecule has 0 bridgehead atoms. The SMILES string of the molecule is CCOc1ccc(NS(=O)(=O)c2ccc(OCC(=O)Nc3ccc(Br)cc3F)c(C)c2)cc1. The maximum absolute atomic E-state index is 13.9. The molecule has 0 saturated heterocycles. The number of carbonyl (C=O) groups is 1.